The first-order valence-electron chi connectivity index (χ1n) is 2.45. The molecule has 0 aromatic heterocycles. The van der Waals surface area contributed by atoms with Crippen molar-refractivity contribution < 1.29 is 0 Å². The van der Waals surface area contributed by atoms with E-state index in [9.17, 15) is 0 Å². The van der Waals surface area contributed by atoms with Crippen LogP contribution in [-0.4, -0.2) is 0 Å². The smallest absolute Gasteiger partial charge is 0.00733 e. The minimum Gasteiger partial charge on any atom is -0.0586 e. The summed E-state index contributed by atoms with van der Waals surface area (Å²) >= 11 is 6.65. The Bertz CT molecular complexity index is 97.6. The van der Waals surface area contributed by atoms with Crippen molar-refractivity contribution in [2.24, 2.45) is 5.41 Å². The summed E-state index contributed by atoms with van der Waals surface area (Å²) in [6.07, 6.45) is 0. The Hall–Kier alpha value is 0.700. The van der Waals surface area contributed by atoms with E-state index < -0.39 is 0 Å². The maximum Gasteiger partial charge on any atom is 0.00733 e. The minimum absolute atomic E-state index is 0.240. The maximum absolute atomic E-state index is 3.41. The van der Waals surface area contributed by atoms with E-state index in [1.54, 1.807) is 0 Å². The average molecular weight is 242 g/mol. The normalized spacial score (nSPS) is 14.4. The molecule has 0 radical (unpaired) electrons. The molecule has 0 aliphatic heterocycles. The van der Waals surface area contributed by atoms with Gasteiger partial charge in [0.05, 0.1) is 0 Å². The molecular formula is C6H10Br2. The lowest BCUT2D eigenvalue weighted by atomic mass is 9.98. The monoisotopic (exact) mass is 240 g/mol. The Morgan fingerprint density at radius 2 is 1.75 bits per heavy atom. The molecule has 0 saturated carbocycles. The summed E-state index contributed by atoms with van der Waals surface area (Å²) in [7, 11) is 0. The van der Waals surface area contributed by atoms with Crippen molar-refractivity contribution >= 4 is 31.9 Å². The molecule has 0 aromatic rings. The Balaban J connectivity index is 4.03. The van der Waals surface area contributed by atoms with E-state index in [0.717, 1.165) is 0 Å². The van der Waals surface area contributed by atoms with Gasteiger partial charge in [-0.1, -0.05) is 52.6 Å². The number of rotatable bonds is 0. The number of hydrogen-bond donors (Lipinski definition) is 0. The van der Waals surface area contributed by atoms with Crippen molar-refractivity contribution in [3.8, 4) is 0 Å². The van der Waals surface area contributed by atoms with Crippen LogP contribution in [0.25, 0.3) is 0 Å². The van der Waals surface area contributed by atoms with Gasteiger partial charge in [0.2, 0.25) is 0 Å². The van der Waals surface area contributed by atoms with Crippen LogP contribution in [0.15, 0.2) is 9.47 Å². The van der Waals surface area contributed by atoms with Crippen molar-refractivity contribution in [2.45, 2.75) is 20.8 Å². The van der Waals surface area contributed by atoms with Gasteiger partial charge in [-0.05, 0) is 10.4 Å². The maximum atomic E-state index is 3.41. The third kappa shape index (κ3) is 2.88. The van der Waals surface area contributed by atoms with Crippen LogP contribution in [0.3, 0.4) is 0 Å². The molecule has 0 amide bonds. The van der Waals surface area contributed by atoms with E-state index in [1.807, 2.05) is 4.99 Å². The fraction of sp³-hybridized carbons (Fsp3) is 0.667. The van der Waals surface area contributed by atoms with Crippen molar-refractivity contribution in [3.63, 3.8) is 0 Å². The summed E-state index contributed by atoms with van der Waals surface area (Å²) < 4.78 is 1.19. The zero-order valence-corrected chi connectivity index (χ0v) is 8.51. The topological polar surface area (TPSA) is 0 Å². The van der Waals surface area contributed by atoms with Gasteiger partial charge in [-0.15, -0.1) is 0 Å². The van der Waals surface area contributed by atoms with Crippen LogP contribution in [0.4, 0.5) is 0 Å². The van der Waals surface area contributed by atoms with Crippen LogP contribution >= 0.6 is 31.9 Å². The van der Waals surface area contributed by atoms with Gasteiger partial charge in [0.1, 0.15) is 0 Å². The largest absolute Gasteiger partial charge is 0.0586 e. The Morgan fingerprint density at radius 3 is 1.75 bits per heavy atom. The van der Waals surface area contributed by atoms with Gasteiger partial charge in [-0.3, -0.25) is 0 Å². The summed E-state index contributed by atoms with van der Waals surface area (Å²) in [6.45, 7) is 6.44. The molecule has 0 saturated heterocycles. The zero-order valence-electron chi connectivity index (χ0n) is 5.33. The van der Waals surface area contributed by atoms with Gasteiger partial charge in [-0.2, -0.15) is 0 Å². The molecule has 0 spiro atoms. The Morgan fingerprint density at radius 1 is 1.38 bits per heavy atom. The van der Waals surface area contributed by atoms with E-state index in [2.05, 4.69) is 52.6 Å². The molecule has 0 nitrogen and oxygen atoms in total. The highest BCUT2D eigenvalue weighted by atomic mass is 79.9. The van der Waals surface area contributed by atoms with Gasteiger partial charge in [0.15, 0.2) is 0 Å². The van der Waals surface area contributed by atoms with Gasteiger partial charge in [-0.25, -0.2) is 0 Å². The van der Waals surface area contributed by atoms with Gasteiger partial charge in [0, 0.05) is 4.48 Å². The van der Waals surface area contributed by atoms with E-state index >= 15 is 0 Å². The zero-order chi connectivity index (χ0) is 6.78. The quantitative estimate of drug-likeness (QED) is 0.607. The second-order valence-electron chi connectivity index (χ2n) is 2.71. The van der Waals surface area contributed by atoms with E-state index in [-0.39, 0.29) is 5.41 Å². The molecule has 0 N–H and O–H groups in total. The summed E-state index contributed by atoms with van der Waals surface area (Å²) in [5.74, 6) is 0. The van der Waals surface area contributed by atoms with E-state index in [0.29, 0.717) is 0 Å². The second-order valence-corrected chi connectivity index (χ2v) is 4.02. The van der Waals surface area contributed by atoms with Crippen molar-refractivity contribution in [2.75, 3.05) is 0 Å². The minimum atomic E-state index is 0.240. The second kappa shape index (κ2) is 3.02. The number of hydrogen-bond acceptors (Lipinski definition) is 0. The number of allylic oxidation sites excluding steroid dienone is 1. The molecule has 0 unspecified atom stereocenters. The predicted octanol–water partition coefficient (Wildman–Crippen LogP) is 3.66. The van der Waals surface area contributed by atoms with Crippen LogP contribution in [-0.2, 0) is 0 Å². The van der Waals surface area contributed by atoms with Crippen LogP contribution in [0, 0.1) is 5.41 Å². The Kier molecular flexibility index (Phi) is 3.28. The highest BCUT2D eigenvalue weighted by molar-refractivity contribution is 9.14. The van der Waals surface area contributed by atoms with Crippen molar-refractivity contribution in [1.29, 1.82) is 0 Å². The van der Waals surface area contributed by atoms with Crippen molar-refractivity contribution in [1.82, 2.24) is 0 Å². The molecule has 0 aromatic carbocycles. The van der Waals surface area contributed by atoms with Crippen LogP contribution in [0.2, 0.25) is 0 Å². The highest BCUT2D eigenvalue weighted by Crippen LogP contribution is 2.30. The third-order valence-electron chi connectivity index (χ3n) is 0.812. The molecule has 0 fully saturated rings. The third-order valence-corrected chi connectivity index (χ3v) is 3.30. The van der Waals surface area contributed by atoms with Gasteiger partial charge >= 0.3 is 0 Å². The molecule has 0 rings (SSSR count). The first-order valence-corrected chi connectivity index (χ1v) is 4.15. The first-order chi connectivity index (χ1) is 3.48. The van der Waals surface area contributed by atoms with E-state index in [4.69, 9.17) is 0 Å². The van der Waals surface area contributed by atoms with Crippen LogP contribution < -0.4 is 0 Å². The standard InChI is InChI=1S/C6H10Br2/c1-6(2,3)5(8)4-7/h4H,1-3H3. The number of halogens is 2. The summed E-state index contributed by atoms with van der Waals surface area (Å²) in [5.41, 5.74) is 0.240. The molecule has 0 aliphatic rings. The summed E-state index contributed by atoms with van der Waals surface area (Å²) in [4.78, 5) is 1.90. The highest BCUT2D eigenvalue weighted by Gasteiger charge is 2.12. The van der Waals surface area contributed by atoms with Gasteiger partial charge in [0.25, 0.3) is 0 Å². The molecule has 0 heterocycles. The fourth-order valence-corrected chi connectivity index (χ4v) is 0.850. The molecule has 8 heavy (non-hydrogen) atoms. The fourth-order valence-electron chi connectivity index (χ4n) is 0.164. The molecule has 0 atom stereocenters. The van der Waals surface area contributed by atoms with Crippen molar-refractivity contribution in [3.05, 3.63) is 9.47 Å². The van der Waals surface area contributed by atoms with E-state index in [1.165, 1.54) is 4.48 Å². The summed E-state index contributed by atoms with van der Waals surface area (Å²) in [6, 6.07) is 0. The first kappa shape index (κ1) is 8.70. The van der Waals surface area contributed by atoms with Crippen LogP contribution in [0.1, 0.15) is 20.8 Å². The average Bonchev–Trinajstić information content (AvgIpc) is 1.62. The molecule has 0 aliphatic carbocycles. The predicted molar refractivity (Wildman–Crippen MR) is 45.4 cm³/mol. The lowest BCUT2D eigenvalue weighted by molar-refractivity contribution is 0.537. The lowest BCUT2D eigenvalue weighted by Crippen LogP contribution is -2.02. The summed E-state index contributed by atoms with van der Waals surface area (Å²) in [5, 5.41) is 0. The molecule has 48 valence electrons. The molecular weight excluding hydrogens is 232 g/mol. The SMILES string of the molecule is CC(C)(C)C(Br)=CBr. The Labute approximate surface area is 67.6 Å². The van der Waals surface area contributed by atoms with Gasteiger partial charge < -0.3 is 0 Å². The lowest BCUT2D eigenvalue weighted by Gasteiger charge is -2.15. The molecule has 2 heteroatoms. The molecule has 0 bridgehead atoms. The van der Waals surface area contributed by atoms with Crippen LogP contribution in [0.5, 0.6) is 0 Å².